The highest BCUT2D eigenvalue weighted by Gasteiger charge is 2.43. The fourth-order valence-electron chi connectivity index (χ4n) is 4.12. The van der Waals surface area contributed by atoms with Crippen LogP contribution in [0.25, 0.3) is 0 Å². The van der Waals surface area contributed by atoms with Crippen molar-refractivity contribution in [2.75, 3.05) is 13.7 Å². The highest BCUT2D eigenvalue weighted by atomic mass is 16.6. The Morgan fingerprint density at radius 2 is 1.59 bits per heavy atom. The van der Waals surface area contributed by atoms with Gasteiger partial charge in [-0.1, -0.05) is 55.3 Å². The Balaban J connectivity index is 2.65. The minimum absolute atomic E-state index is 0.155. The molecular weight excluding hydrogens is 522 g/mol. The van der Waals surface area contributed by atoms with E-state index < -0.39 is 47.1 Å². The van der Waals surface area contributed by atoms with Crippen molar-refractivity contribution in [2.45, 2.75) is 77.6 Å². The van der Waals surface area contributed by atoms with Gasteiger partial charge >= 0.3 is 12.1 Å². The lowest BCUT2D eigenvalue weighted by molar-refractivity contribution is -0.150. The zero-order valence-electron chi connectivity index (χ0n) is 24.9. The summed E-state index contributed by atoms with van der Waals surface area (Å²) >= 11 is 0. The predicted molar refractivity (Wildman–Crippen MR) is 157 cm³/mol. The SMILES string of the molecule is C#Cc1ccc(C(C(=O)NCC(=O)OC)N(C(=O)C(Cc2ccccc2)NC(=O)OC(C)(C)C)C(C)(C)CC)cc1. The first-order valence-electron chi connectivity index (χ1n) is 13.5. The zero-order chi connectivity index (χ0) is 30.8. The van der Waals surface area contributed by atoms with Gasteiger partial charge in [-0.25, -0.2) is 4.79 Å². The molecule has 0 fully saturated rings. The Labute approximate surface area is 243 Å². The number of methoxy groups -OCH3 is 1. The monoisotopic (exact) mass is 563 g/mol. The standard InChI is InChI=1S/C32H41N3O6/c1-9-22-16-18-24(19-17-22)27(28(37)33-21-26(36)40-8)35(32(6,7)10-2)29(38)25(20-23-14-12-11-13-15-23)34-30(39)41-31(3,4)5/h1,11-19,25,27H,10,20-21H2,2-8H3,(H,33,37)(H,34,39). The molecule has 2 unspecified atom stereocenters. The van der Waals surface area contributed by atoms with Crippen LogP contribution in [-0.4, -0.2) is 59.6 Å². The number of amides is 3. The summed E-state index contributed by atoms with van der Waals surface area (Å²) in [5, 5.41) is 5.33. The van der Waals surface area contributed by atoms with Gasteiger partial charge in [-0.2, -0.15) is 0 Å². The number of ether oxygens (including phenoxy) is 2. The molecule has 0 aliphatic rings. The van der Waals surface area contributed by atoms with Crippen molar-refractivity contribution < 1.29 is 28.7 Å². The Morgan fingerprint density at radius 1 is 0.976 bits per heavy atom. The Bertz CT molecular complexity index is 1240. The van der Waals surface area contributed by atoms with Gasteiger partial charge in [0.25, 0.3) is 0 Å². The van der Waals surface area contributed by atoms with E-state index in [0.717, 1.165) is 5.56 Å². The molecule has 2 aromatic carbocycles. The molecule has 9 heteroatoms. The van der Waals surface area contributed by atoms with Crippen LogP contribution in [0.15, 0.2) is 54.6 Å². The van der Waals surface area contributed by atoms with E-state index in [4.69, 9.17) is 11.2 Å². The van der Waals surface area contributed by atoms with Gasteiger partial charge in [0.2, 0.25) is 11.8 Å². The lowest BCUT2D eigenvalue weighted by Gasteiger charge is -2.44. The van der Waals surface area contributed by atoms with Gasteiger partial charge in [0, 0.05) is 17.5 Å². The summed E-state index contributed by atoms with van der Waals surface area (Å²) in [6.45, 7) is 10.4. The predicted octanol–water partition coefficient (Wildman–Crippen LogP) is 4.15. The first-order valence-corrected chi connectivity index (χ1v) is 13.5. The van der Waals surface area contributed by atoms with E-state index in [0.29, 0.717) is 17.5 Å². The molecule has 2 N–H and O–H groups in total. The summed E-state index contributed by atoms with van der Waals surface area (Å²) in [5.74, 6) is 0.824. The molecule has 2 aromatic rings. The number of esters is 1. The molecule has 2 atom stereocenters. The van der Waals surface area contributed by atoms with E-state index in [1.54, 1.807) is 45.0 Å². The fraction of sp³-hybridized carbons (Fsp3) is 0.438. The molecule has 0 radical (unpaired) electrons. The average molecular weight is 564 g/mol. The molecule has 0 saturated heterocycles. The molecular formula is C32H41N3O6. The number of carbonyl (C=O) groups excluding carboxylic acids is 4. The number of benzene rings is 2. The second kappa shape index (κ2) is 14.4. The molecule has 0 heterocycles. The van der Waals surface area contributed by atoms with Crippen LogP contribution in [0, 0.1) is 12.3 Å². The van der Waals surface area contributed by atoms with E-state index in [-0.39, 0.29) is 13.0 Å². The smallest absolute Gasteiger partial charge is 0.408 e. The lowest BCUT2D eigenvalue weighted by atomic mass is 9.91. The molecule has 0 saturated carbocycles. The normalized spacial score (nSPS) is 12.7. The van der Waals surface area contributed by atoms with E-state index in [9.17, 15) is 19.2 Å². The van der Waals surface area contributed by atoms with Crippen molar-refractivity contribution in [1.82, 2.24) is 15.5 Å². The third-order valence-electron chi connectivity index (χ3n) is 6.56. The molecule has 0 aliphatic heterocycles. The number of nitrogens with zero attached hydrogens (tertiary/aromatic N) is 1. The number of terminal acetylenes is 1. The fourth-order valence-corrected chi connectivity index (χ4v) is 4.12. The summed E-state index contributed by atoms with van der Waals surface area (Å²) in [6, 6.07) is 13.7. The Kier molecular flexibility index (Phi) is 11.5. The van der Waals surface area contributed by atoms with Gasteiger partial charge in [-0.3, -0.25) is 14.4 Å². The first-order chi connectivity index (χ1) is 19.2. The van der Waals surface area contributed by atoms with Crippen LogP contribution in [0.3, 0.4) is 0 Å². The van der Waals surface area contributed by atoms with Crippen molar-refractivity contribution in [3.8, 4) is 12.3 Å². The Morgan fingerprint density at radius 3 is 2.10 bits per heavy atom. The average Bonchev–Trinajstić information content (AvgIpc) is 2.93. The van der Waals surface area contributed by atoms with Crippen molar-refractivity contribution in [3.05, 3.63) is 71.3 Å². The van der Waals surface area contributed by atoms with Crippen molar-refractivity contribution in [1.29, 1.82) is 0 Å². The van der Waals surface area contributed by atoms with E-state index in [2.05, 4.69) is 21.3 Å². The van der Waals surface area contributed by atoms with Gasteiger partial charge in [-0.15, -0.1) is 6.42 Å². The number of carbonyl (C=O) groups is 4. The molecule has 220 valence electrons. The van der Waals surface area contributed by atoms with Crippen LogP contribution >= 0.6 is 0 Å². The molecule has 41 heavy (non-hydrogen) atoms. The van der Waals surface area contributed by atoms with Crippen LogP contribution in [-0.2, 0) is 30.3 Å². The van der Waals surface area contributed by atoms with Gasteiger partial charge in [0.05, 0.1) is 7.11 Å². The maximum atomic E-state index is 14.5. The van der Waals surface area contributed by atoms with Crippen LogP contribution in [0.1, 0.15) is 70.7 Å². The maximum Gasteiger partial charge on any atom is 0.408 e. The third-order valence-corrected chi connectivity index (χ3v) is 6.56. The van der Waals surface area contributed by atoms with Gasteiger partial charge < -0.3 is 25.0 Å². The first kappa shape index (κ1) is 32.9. The number of nitrogens with one attached hydrogen (secondary N) is 2. The van der Waals surface area contributed by atoms with Gasteiger partial charge in [0.1, 0.15) is 24.2 Å². The Hall–Kier alpha value is -4.32. The molecule has 9 nitrogen and oxygen atoms in total. The second-order valence-corrected chi connectivity index (χ2v) is 11.2. The maximum absolute atomic E-state index is 14.5. The molecule has 3 amide bonds. The van der Waals surface area contributed by atoms with Crippen LogP contribution < -0.4 is 10.6 Å². The van der Waals surface area contributed by atoms with Crippen LogP contribution in [0.4, 0.5) is 4.79 Å². The minimum atomic E-state index is -1.16. The summed E-state index contributed by atoms with van der Waals surface area (Å²) in [7, 11) is 1.22. The number of rotatable bonds is 11. The molecule has 0 bridgehead atoms. The van der Waals surface area contributed by atoms with Gasteiger partial charge in [-0.05, 0) is 64.3 Å². The number of alkyl carbamates (subject to hydrolysis) is 1. The summed E-state index contributed by atoms with van der Waals surface area (Å²) in [5.41, 5.74) is 0.239. The summed E-state index contributed by atoms with van der Waals surface area (Å²) in [4.78, 5) is 54.5. The lowest BCUT2D eigenvalue weighted by Crippen LogP contribution is -2.60. The van der Waals surface area contributed by atoms with Crippen molar-refractivity contribution >= 4 is 23.9 Å². The highest BCUT2D eigenvalue weighted by molar-refractivity contribution is 5.93. The number of hydrogen-bond donors (Lipinski definition) is 2. The van der Waals surface area contributed by atoms with Gasteiger partial charge in [0.15, 0.2) is 0 Å². The summed E-state index contributed by atoms with van der Waals surface area (Å²) < 4.78 is 10.2. The van der Waals surface area contributed by atoms with Crippen LogP contribution in [0.2, 0.25) is 0 Å². The zero-order valence-corrected chi connectivity index (χ0v) is 24.9. The topological polar surface area (TPSA) is 114 Å². The molecule has 2 rings (SSSR count). The highest BCUT2D eigenvalue weighted by Crippen LogP contribution is 2.32. The molecule has 0 aromatic heterocycles. The minimum Gasteiger partial charge on any atom is -0.468 e. The van der Waals surface area contributed by atoms with E-state index in [1.807, 2.05) is 51.1 Å². The third kappa shape index (κ3) is 9.67. The molecule has 0 spiro atoms. The molecule has 0 aliphatic carbocycles. The quantitative estimate of drug-likeness (QED) is 0.314. The van der Waals surface area contributed by atoms with Crippen LogP contribution in [0.5, 0.6) is 0 Å². The summed E-state index contributed by atoms with van der Waals surface area (Å²) in [6.07, 6.45) is 5.41. The van der Waals surface area contributed by atoms with Crippen molar-refractivity contribution in [3.63, 3.8) is 0 Å². The number of hydrogen-bond acceptors (Lipinski definition) is 6. The van der Waals surface area contributed by atoms with E-state index >= 15 is 0 Å². The van der Waals surface area contributed by atoms with E-state index in [1.165, 1.54) is 12.0 Å². The second-order valence-electron chi connectivity index (χ2n) is 11.2. The van der Waals surface area contributed by atoms with Crippen molar-refractivity contribution in [2.24, 2.45) is 0 Å². The largest absolute Gasteiger partial charge is 0.468 e.